The number of hydroxylamine groups is 1. The van der Waals surface area contributed by atoms with Gasteiger partial charge in [0.2, 0.25) is 11.8 Å². The van der Waals surface area contributed by atoms with Crippen LogP contribution in [0.3, 0.4) is 0 Å². The van der Waals surface area contributed by atoms with E-state index in [9.17, 15) is 19.6 Å². The van der Waals surface area contributed by atoms with Crippen LogP contribution in [0.15, 0.2) is 0 Å². The first-order valence-electron chi connectivity index (χ1n) is 11.5. The predicted molar refractivity (Wildman–Crippen MR) is 119 cm³/mol. The largest absolute Gasteiger partial charge is 0.347 e. The molecular weight excluding hydrogens is 384 g/mol. The van der Waals surface area contributed by atoms with E-state index in [-0.39, 0.29) is 24.2 Å². The van der Waals surface area contributed by atoms with Crippen molar-refractivity contribution in [2.75, 3.05) is 26.2 Å². The first kappa shape index (κ1) is 28.5. The molecule has 0 fully saturated rings. The van der Waals surface area contributed by atoms with Crippen molar-refractivity contribution in [1.82, 2.24) is 21.0 Å². The minimum absolute atomic E-state index is 0.0567. The molecule has 2 amide bonds. The molecule has 4 N–H and O–H groups in total. The normalized spacial score (nSPS) is 13.3. The molecule has 0 aromatic rings. The minimum Gasteiger partial charge on any atom is -0.347 e. The molecule has 8 nitrogen and oxygen atoms in total. The van der Waals surface area contributed by atoms with Gasteiger partial charge in [0, 0.05) is 0 Å². The number of rotatable bonds is 18. The standard InChI is InChI=1S/C22H44N4O4/c1-6-8-13-26(14-9-7-2)15-11-10-12-19(21(28)23-16-18(5)27)24-22(29)20(25-30)17(3)4/h17,19-20,25,30H,6-16H2,1-5H3,(H,23,28)(H,24,29)/t19-,20-/m0/s1. The molecule has 0 rings (SSSR count). The lowest BCUT2D eigenvalue weighted by Crippen LogP contribution is -2.54. The zero-order valence-corrected chi connectivity index (χ0v) is 19.6. The Labute approximate surface area is 182 Å². The molecule has 0 bridgehead atoms. The van der Waals surface area contributed by atoms with Crippen LogP contribution < -0.4 is 16.1 Å². The Morgan fingerprint density at radius 2 is 1.47 bits per heavy atom. The maximum absolute atomic E-state index is 12.5. The second kappa shape index (κ2) is 17.2. The zero-order valence-electron chi connectivity index (χ0n) is 19.6. The average Bonchev–Trinajstić information content (AvgIpc) is 2.69. The van der Waals surface area contributed by atoms with Gasteiger partial charge in [-0.25, -0.2) is 0 Å². The third-order valence-electron chi connectivity index (χ3n) is 5.11. The van der Waals surface area contributed by atoms with Crippen molar-refractivity contribution in [2.24, 2.45) is 5.92 Å². The number of carbonyl (C=O) groups excluding carboxylic acids is 3. The fourth-order valence-corrected chi connectivity index (χ4v) is 3.16. The van der Waals surface area contributed by atoms with E-state index in [0.717, 1.165) is 32.5 Å². The molecule has 0 aliphatic rings. The molecule has 0 spiro atoms. The average molecular weight is 429 g/mol. The van der Waals surface area contributed by atoms with E-state index in [0.29, 0.717) is 6.42 Å². The molecule has 8 heteroatoms. The van der Waals surface area contributed by atoms with E-state index in [1.807, 2.05) is 5.48 Å². The summed E-state index contributed by atoms with van der Waals surface area (Å²) in [4.78, 5) is 38.6. The maximum atomic E-state index is 12.5. The molecular formula is C22H44N4O4. The lowest BCUT2D eigenvalue weighted by Gasteiger charge is -2.24. The SMILES string of the molecule is CCCCN(CCCC)CCCC[C@H](NC(=O)[C@@H](NO)C(C)C)C(=O)NCC(C)=O. The number of nitrogens with one attached hydrogen (secondary N) is 3. The number of nitrogens with zero attached hydrogens (tertiary/aromatic N) is 1. The van der Waals surface area contributed by atoms with E-state index in [4.69, 9.17) is 0 Å². The van der Waals surface area contributed by atoms with Gasteiger partial charge in [0.1, 0.15) is 17.9 Å². The highest BCUT2D eigenvalue weighted by atomic mass is 16.5. The van der Waals surface area contributed by atoms with Crippen molar-refractivity contribution in [3.8, 4) is 0 Å². The molecule has 0 saturated heterocycles. The zero-order chi connectivity index (χ0) is 22.9. The van der Waals surface area contributed by atoms with Gasteiger partial charge in [-0.05, 0) is 64.6 Å². The van der Waals surface area contributed by atoms with Crippen molar-refractivity contribution in [2.45, 2.75) is 91.6 Å². The quantitative estimate of drug-likeness (QED) is 0.197. The van der Waals surface area contributed by atoms with Crippen LogP contribution in [-0.4, -0.2) is 66.0 Å². The fraction of sp³-hybridized carbons (Fsp3) is 0.864. The summed E-state index contributed by atoms with van der Waals surface area (Å²) in [6.45, 7) is 12.5. The van der Waals surface area contributed by atoms with Crippen LogP contribution >= 0.6 is 0 Å². The summed E-state index contributed by atoms with van der Waals surface area (Å²) >= 11 is 0. The van der Waals surface area contributed by atoms with Crippen molar-refractivity contribution >= 4 is 17.6 Å². The van der Waals surface area contributed by atoms with Gasteiger partial charge in [-0.2, -0.15) is 5.48 Å². The van der Waals surface area contributed by atoms with Crippen LogP contribution in [0.2, 0.25) is 0 Å². The smallest absolute Gasteiger partial charge is 0.242 e. The molecule has 0 unspecified atom stereocenters. The van der Waals surface area contributed by atoms with Crippen molar-refractivity contribution in [3.05, 3.63) is 0 Å². The first-order valence-corrected chi connectivity index (χ1v) is 11.5. The Morgan fingerprint density at radius 1 is 0.900 bits per heavy atom. The highest BCUT2D eigenvalue weighted by Gasteiger charge is 2.27. The summed E-state index contributed by atoms with van der Waals surface area (Å²) in [5.41, 5.74) is 2.01. The summed E-state index contributed by atoms with van der Waals surface area (Å²) in [6.07, 6.45) is 6.91. The van der Waals surface area contributed by atoms with E-state index in [1.165, 1.54) is 32.6 Å². The predicted octanol–water partition coefficient (Wildman–Crippen LogP) is 2.25. The second-order valence-corrected chi connectivity index (χ2v) is 8.38. The number of carbonyl (C=O) groups is 3. The first-order chi connectivity index (χ1) is 14.3. The Bertz CT molecular complexity index is 492. The van der Waals surface area contributed by atoms with E-state index >= 15 is 0 Å². The molecule has 0 aliphatic carbocycles. The summed E-state index contributed by atoms with van der Waals surface area (Å²) in [5, 5.41) is 14.6. The van der Waals surface area contributed by atoms with Crippen LogP contribution in [-0.2, 0) is 14.4 Å². The second-order valence-electron chi connectivity index (χ2n) is 8.38. The number of Topliss-reactive ketones (excluding diaryl/α,β-unsaturated/α-hetero) is 1. The van der Waals surface area contributed by atoms with Crippen molar-refractivity contribution < 1.29 is 19.6 Å². The van der Waals surface area contributed by atoms with E-state index in [2.05, 4.69) is 29.4 Å². The Morgan fingerprint density at radius 3 is 1.93 bits per heavy atom. The van der Waals surface area contributed by atoms with Gasteiger partial charge in [-0.15, -0.1) is 0 Å². The minimum atomic E-state index is -0.799. The number of amides is 2. The van der Waals surface area contributed by atoms with Gasteiger partial charge in [-0.1, -0.05) is 40.5 Å². The highest BCUT2D eigenvalue weighted by Crippen LogP contribution is 2.08. The third-order valence-corrected chi connectivity index (χ3v) is 5.11. The summed E-state index contributed by atoms with van der Waals surface area (Å²) in [5.74, 6) is -1.08. The molecule has 176 valence electrons. The molecule has 0 aromatic carbocycles. The molecule has 0 aliphatic heterocycles. The molecule has 2 atom stereocenters. The number of ketones is 1. The monoisotopic (exact) mass is 428 g/mol. The van der Waals surface area contributed by atoms with Crippen LogP contribution in [0.25, 0.3) is 0 Å². The summed E-state index contributed by atoms with van der Waals surface area (Å²) < 4.78 is 0. The molecule has 0 radical (unpaired) electrons. The molecule has 0 heterocycles. The molecule has 0 aromatic heterocycles. The van der Waals surface area contributed by atoms with Gasteiger partial charge in [0.25, 0.3) is 0 Å². The number of unbranched alkanes of at least 4 members (excludes halogenated alkanes) is 3. The summed E-state index contributed by atoms with van der Waals surface area (Å²) in [6, 6.07) is -1.53. The Kier molecular flexibility index (Phi) is 16.3. The number of hydrogen-bond acceptors (Lipinski definition) is 6. The van der Waals surface area contributed by atoms with Crippen LogP contribution in [0, 0.1) is 5.92 Å². The van der Waals surface area contributed by atoms with Gasteiger partial charge >= 0.3 is 0 Å². The van der Waals surface area contributed by atoms with Gasteiger partial charge < -0.3 is 20.7 Å². The maximum Gasteiger partial charge on any atom is 0.242 e. The lowest BCUT2D eigenvalue weighted by atomic mass is 10.0. The van der Waals surface area contributed by atoms with E-state index < -0.39 is 18.0 Å². The van der Waals surface area contributed by atoms with Gasteiger partial charge in [0.15, 0.2) is 0 Å². The molecule has 30 heavy (non-hydrogen) atoms. The van der Waals surface area contributed by atoms with Crippen LogP contribution in [0.1, 0.15) is 79.6 Å². The van der Waals surface area contributed by atoms with Gasteiger partial charge in [-0.3, -0.25) is 14.4 Å². The molecule has 0 saturated carbocycles. The fourth-order valence-electron chi connectivity index (χ4n) is 3.16. The topological polar surface area (TPSA) is 111 Å². The van der Waals surface area contributed by atoms with E-state index in [1.54, 1.807) is 13.8 Å². The van der Waals surface area contributed by atoms with Crippen molar-refractivity contribution in [3.63, 3.8) is 0 Å². The lowest BCUT2D eigenvalue weighted by molar-refractivity contribution is -0.133. The van der Waals surface area contributed by atoms with Crippen LogP contribution in [0.5, 0.6) is 0 Å². The Balaban J connectivity index is 4.80. The number of hydrogen-bond donors (Lipinski definition) is 4. The van der Waals surface area contributed by atoms with Crippen LogP contribution in [0.4, 0.5) is 0 Å². The summed E-state index contributed by atoms with van der Waals surface area (Å²) in [7, 11) is 0. The highest BCUT2D eigenvalue weighted by molar-refractivity contribution is 5.91. The Hall–Kier alpha value is -1.51. The van der Waals surface area contributed by atoms with Gasteiger partial charge in [0.05, 0.1) is 6.54 Å². The van der Waals surface area contributed by atoms with Crippen molar-refractivity contribution in [1.29, 1.82) is 0 Å². The third kappa shape index (κ3) is 12.9.